The maximum atomic E-state index is 11.5. The Labute approximate surface area is 123 Å². The molecule has 0 saturated carbocycles. The molecule has 0 unspecified atom stereocenters. The van der Waals surface area contributed by atoms with Crippen LogP contribution in [0.25, 0.3) is 0 Å². The monoisotopic (exact) mass is 340 g/mol. The number of rotatable bonds is 5. The van der Waals surface area contributed by atoms with E-state index in [1.54, 1.807) is 10.7 Å². The average Bonchev–Trinajstić information content (AvgIpc) is 2.91. The Morgan fingerprint density at radius 3 is 2.65 bits per heavy atom. The van der Waals surface area contributed by atoms with Gasteiger partial charge in [-0.1, -0.05) is 0 Å². The van der Waals surface area contributed by atoms with E-state index in [0.29, 0.717) is 12.3 Å². The van der Waals surface area contributed by atoms with Crippen LogP contribution in [0.5, 0.6) is 0 Å². The molecule has 2 aromatic heterocycles. The molecule has 2 aromatic rings. The molecule has 2 rings (SSSR count). The van der Waals surface area contributed by atoms with Gasteiger partial charge in [0.25, 0.3) is 0 Å². The number of carboxylic acids is 1. The first-order valence-electron chi connectivity index (χ1n) is 5.91. The number of furan rings is 1. The number of halogens is 1. The summed E-state index contributed by atoms with van der Waals surface area (Å²) in [5.74, 6) is -1.10. The number of hydrogen-bond acceptors (Lipinski definition) is 4. The van der Waals surface area contributed by atoms with Crippen LogP contribution in [-0.4, -0.2) is 26.6 Å². The highest BCUT2D eigenvalue weighted by atomic mass is 79.9. The zero-order valence-electron chi connectivity index (χ0n) is 11.0. The lowest BCUT2D eigenvalue weighted by Gasteiger charge is -2.01. The highest BCUT2D eigenvalue weighted by Crippen LogP contribution is 2.21. The van der Waals surface area contributed by atoms with Crippen molar-refractivity contribution < 1.29 is 19.1 Å². The third-order valence-corrected chi connectivity index (χ3v) is 3.99. The molecule has 0 bridgehead atoms. The summed E-state index contributed by atoms with van der Waals surface area (Å²) in [6.07, 6.45) is -0.571. The molecular weight excluding hydrogens is 328 g/mol. The van der Waals surface area contributed by atoms with Crippen molar-refractivity contribution in [2.24, 2.45) is 0 Å². The number of carbonyl (C=O) groups excluding carboxylic acids is 1. The van der Waals surface area contributed by atoms with Gasteiger partial charge in [0.2, 0.25) is 5.78 Å². The van der Waals surface area contributed by atoms with Crippen molar-refractivity contribution in [1.29, 1.82) is 0 Å². The van der Waals surface area contributed by atoms with E-state index in [1.165, 1.54) is 6.07 Å². The summed E-state index contributed by atoms with van der Waals surface area (Å²) < 4.78 is 8.06. The Balaban J connectivity index is 2.15. The number of aromatic nitrogens is 2. The molecule has 0 radical (unpaired) electrons. The standard InChI is InChI=1S/C13H13BrN2O4/c1-7-13(14)8(2)16(15-7)6-9-3-4-11(20-9)10(17)5-12(18)19/h3-4H,5-6H2,1-2H3,(H,18,19). The lowest BCUT2D eigenvalue weighted by molar-refractivity contribution is -0.135. The van der Waals surface area contributed by atoms with Gasteiger partial charge in [-0.15, -0.1) is 0 Å². The summed E-state index contributed by atoms with van der Waals surface area (Å²) in [4.78, 5) is 22.0. The topological polar surface area (TPSA) is 85.3 Å². The Kier molecular flexibility index (Phi) is 4.08. The molecule has 7 heteroatoms. The van der Waals surface area contributed by atoms with E-state index in [4.69, 9.17) is 9.52 Å². The van der Waals surface area contributed by atoms with E-state index in [2.05, 4.69) is 21.0 Å². The lowest BCUT2D eigenvalue weighted by atomic mass is 10.2. The van der Waals surface area contributed by atoms with Crippen molar-refractivity contribution in [3.63, 3.8) is 0 Å². The number of aryl methyl sites for hydroxylation is 1. The van der Waals surface area contributed by atoms with Crippen molar-refractivity contribution in [2.45, 2.75) is 26.8 Å². The fraction of sp³-hybridized carbons (Fsp3) is 0.308. The van der Waals surface area contributed by atoms with Gasteiger partial charge in [-0.25, -0.2) is 0 Å². The molecule has 20 heavy (non-hydrogen) atoms. The van der Waals surface area contributed by atoms with Crippen molar-refractivity contribution in [2.75, 3.05) is 0 Å². The van der Waals surface area contributed by atoms with Gasteiger partial charge >= 0.3 is 5.97 Å². The Morgan fingerprint density at radius 1 is 1.40 bits per heavy atom. The van der Waals surface area contributed by atoms with Crippen molar-refractivity contribution in [3.05, 3.63) is 39.5 Å². The summed E-state index contributed by atoms with van der Waals surface area (Å²) in [6, 6.07) is 3.14. The summed E-state index contributed by atoms with van der Waals surface area (Å²) in [6.45, 7) is 4.19. The van der Waals surface area contributed by atoms with Crippen molar-refractivity contribution in [3.8, 4) is 0 Å². The number of aliphatic carboxylic acids is 1. The Hall–Kier alpha value is -1.89. The number of carbonyl (C=O) groups is 2. The van der Waals surface area contributed by atoms with E-state index in [0.717, 1.165) is 15.9 Å². The minimum absolute atomic E-state index is 0.0583. The molecule has 0 amide bonds. The maximum Gasteiger partial charge on any atom is 0.311 e. The minimum Gasteiger partial charge on any atom is -0.481 e. The van der Waals surface area contributed by atoms with Crippen LogP contribution >= 0.6 is 15.9 Å². The molecule has 106 valence electrons. The molecule has 2 heterocycles. The van der Waals surface area contributed by atoms with Gasteiger partial charge in [0.05, 0.1) is 22.4 Å². The van der Waals surface area contributed by atoms with Crippen LogP contribution in [0, 0.1) is 13.8 Å². The van der Waals surface area contributed by atoms with Gasteiger partial charge in [0.1, 0.15) is 12.2 Å². The van der Waals surface area contributed by atoms with Crippen LogP contribution < -0.4 is 0 Å². The number of ketones is 1. The first kappa shape index (κ1) is 14.5. The number of Topliss-reactive ketones (excluding diaryl/α,β-unsaturated/α-hetero) is 1. The third kappa shape index (κ3) is 2.98. The van der Waals surface area contributed by atoms with Crippen LogP contribution in [0.4, 0.5) is 0 Å². The zero-order chi connectivity index (χ0) is 14.9. The molecule has 0 aliphatic heterocycles. The molecule has 0 aliphatic carbocycles. The third-order valence-electron chi connectivity index (χ3n) is 2.85. The molecule has 0 atom stereocenters. The van der Waals surface area contributed by atoms with Gasteiger partial charge in [0.15, 0.2) is 5.76 Å². The van der Waals surface area contributed by atoms with Gasteiger partial charge in [-0.3, -0.25) is 14.3 Å². The molecule has 0 spiro atoms. The number of hydrogen-bond donors (Lipinski definition) is 1. The predicted molar refractivity (Wildman–Crippen MR) is 73.8 cm³/mol. The number of nitrogens with zero attached hydrogens (tertiary/aromatic N) is 2. The van der Waals surface area contributed by atoms with Crippen LogP contribution in [0.3, 0.4) is 0 Å². The predicted octanol–water partition coefficient (Wildman–Crippen LogP) is 2.56. The molecular formula is C13H13BrN2O4. The molecule has 0 aromatic carbocycles. The highest BCUT2D eigenvalue weighted by molar-refractivity contribution is 9.10. The fourth-order valence-corrected chi connectivity index (χ4v) is 2.10. The molecule has 6 nitrogen and oxygen atoms in total. The van der Waals surface area contributed by atoms with Crippen LogP contribution in [0.15, 0.2) is 21.0 Å². The second-order valence-electron chi connectivity index (χ2n) is 4.40. The molecule has 0 aliphatic rings. The van der Waals surface area contributed by atoms with E-state index < -0.39 is 18.2 Å². The maximum absolute atomic E-state index is 11.5. The fourth-order valence-electron chi connectivity index (χ4n) is 1.81. The summed E-state index contributed by atoms with van der Waals surface area (Å²) >= 11 is 3.44. The Bertz CT molecular complexity index is 672. The first-order chi connectivity index (χ1) is 9.38. The van der Waals surface area contributed by atoms with Crippen LogP contribution in [0.1, 0.15) is 34.1 Å². The van der Waals surface area contributed by atoms with Crippen LogP contribution in [0.2, 0.25) is 0 Å². The summed E-state index contributed by atoms with van der Waals surface area (Å²) in [7, 11) is 0. The molecule has 0 fully saturated rings. The van der Waals surface area contributed by atoms with Gasteiger partial charge in [-0.2, -0.15) is 5.10 Å². The van der Waals surface area contributed by atoms with Gasteiger partial charge in [-0.05, 0) is 41.9 Å². The smallest absolute Gasteiger partial charge is 0.311 e. The number of carboxylic acid groups (broad SMARTS) is 1. The molecule has 0 saturated heterocycles. The minimum atomic E-state index is -1.17. The Morgan fingerprint density at radius 2 is 2.10 bits per heavy atom. The van der Waals surface area contributed by atoms with Crippen molar-refractivity contribution >= 4 is 27.7 Å². The molecule has 1 N–H and O–H groups in total. The summed E-state index contributed by atoms with van der Waals surface area (Å²) in [5, 5.41) is 12.9. The van der Waals surface area contributed by atoms with E-state index in [-0.39, 0.29) is 5.76 Å². The second kappa shape index (κ2) is 5.62. The first-order valence-corrected chi connectivity index (χ1v) is 6.71. The van der Waals surface area contributed by atoms with E-state index in [1.807, 2.05) is 13.8 Å². The van der Waals surface area contributed by atoms with E-state index in [9.17, 15) is 9.59 Å². The van der Waals surface area contributed by atoms with Gasteiger partial charge < -0.3 is 9.52 Å². The average molecular weight is 341 g/mol. The van der Waals surface area contributed by atoms with E-state index >= 15 is 0 Å². The second-order valence-corrected chi connectivity index (χ2v) is 5.20. The summed E-state index contributed by atoms with van der Waals surface area (Å²) in [5.41, 5.74) is 1.83. The SMILES string of the molecule is Cc1nn(Cc2ccc(C(=O)CC(=O)O)o2)c(C)c1Br. The largest absolute Gasteiger partial charge is 0.481 e. The van der Waals surface area contributed by atoms with Crippen LogP contribution in [-0.2, 0) is 11.3 Å². The van der Waals surface area contributed by atoms with Crippen molar-refractivity contribution in [1.82, 2.24) is 9.78 Å². The lowest BCUT2D eigenvalue weighted by Crippen LogP contribution is -2.06. The quantitative estimate of drug-likeness (QED) is 0.667. The normalized spacial score (nSPS) is 10.8. The highest BCUT2D eigenvalue weighted by Gasteiger charge is 2.16. The zero-order valence-corrected chi connectivity index (χ0v) is 12.6. The van der Waals surface area contributed by atoms with Gasteiger partial charge in [0, 0.05) is 0 Å².